The van der Waals surface area contributed by atoms with Crippen molar-refractivity contribution in [2.75, 3.05) is 5.32 Å². The predicted molar refractivity (Wildman–Crippen MR) is 86.7 cm³/mol. The molecular formula is C16H15ClN2O2. The van der Waals surface area contributed by atoms with Crippen LogP contribution in [0, 0.1) is 17.0 Å². The number of hydrogen-bond donors (Lipinski definition) is 1. The molecule has 108 valence electrons. The molecule has 0 heterocycles. The topological polar surface area (TPSA) is 55.2 Å². The third-order valence-corrected chi connectivity index (χ3v) is 3.29. The Kier molecular flexibility index (Phi) is 4.29. The number of nitro groups is 1. The molecule has 0 saturated heterocycles. The quantitative estimate of drug-likeness (QED) is 0.626. The molecule has 2 aromatic rings. The summed E-state index contributed by atoms with van der Waals surface area (Å²) in [5.41, 5.74) is 3.70. The van der Waals surface area contributed by atoms with Gasteiger partial charge in [0.15, 0.2) is 0 Å². The van der Waals surface area contributed by atoms with E-state index in [-0.39, 0.29) is 5.69 Å². The molecule has 0 unspecified atom stereocenters. The molecule has 2 rings (SSSR count). The van der Waals surface area contributed by atoms with Crippen LogP contribution in [0.4, 0.5) is 11.4 Å². The first-order valence-electron chi connectivity index (χ1n) is 6.36. The van der Waals surface area contributed by atoms with Crippen molar-refractivity contribution in [1.29, 1.82) is 0 Å². The third-order valence-electron chi connectivity index (χ3n) is 3.06. The van der Waals surface area contributed by atoms with Crippen LogP contribution >= 0.6 is 11.6 Å². The minimum absolute atomic E-state index is 0.0184. The molecule has 0 amide bonds. The average molecular weight is 303 g/mol. The Bertz CT molecular complexity index is 726. The molecule has 0 aliphatic heterocycles. The second-order valence-electron chi connectivity index (χ2n) is 4.82. The lowest BCUT2D eigenvalue weighted by molar-refractivity contribution is -0.383. The van der Waals surface area contributed by atoms with Crippen LogP contribution < -0.4 is 5.32 Å². The smallest absolute Gasteiger partial charge is 0.293 e. The number of nitrogens with zero attached hydrogens (tertiary/aromatic N) is 1. The summed E-state index contributed by atoms with van der Waals surface area (Å²) in [6.45, 7) is 7.45. The highest BCUT2D eigenvalue weighted by Gasteiger charge is 2.19. The predicted octanol–water partition coefficient (Wildman–Crippen LogP) is 5.17. The van der Waals surface area contributed by atoms with Gasteiger partial charge in [-0.1, -0.05) is 36.4 Å². The van der Waals surface area contributed by atoms with Crippen molar-refractivity contribution in [2.24, 2.45) is 0 Å². The second kappa shape index (κ2) is 5.97. The lowest BCUT2D eigenvalue weighted by atomic mass is 9.98. The summed E-state index contributed by atoms with van der Waals surface area (Å²) in [5.74, 6) is 0. The van der Waals surface area contributed by atoms with Crippen LogP contribution in [0.3, 0.4) is 0 Å². The Morgan fingerprint density at radius 3 is 2.57 bits per heavy atom. The molecule has 0 bridgehead atoms. The Morgan fingerprint density at radius 1 is 1.29 bits per heavy atom. The minimum atomic E-state index is -0.403. The number of anilines is 1. The summed E-state index contributed by atoms with van der Waals surface area (Å²) in [6.07, 6.45) is 0. The molecule has 0 radical (unpaired) electrons. The van der Waals surface area contributed by atoms with E-state index in [2.05, 4.69) is 11.9 Å². The van der Waals surface area contributed by atoms with Crippen molar-refractivity contribution in [3.63, 3.8) is 0 Å². The lowest BCUT2D eigenvalue weighted by Gasteiger charge is -2.14. The molecule has 0 fully saturated rings. The monoisotopic (exact) mass is 302 g/mol. The van der Waals surface area contributed by atoms with Gasteiger partial charge in [0.1, 0.15) is 5.69 Å². The number of aryl methyl sites for hydroxylation is 1. The van der Waals surface area contributed by atoms with Gasteiger partial charge in [-0.25, -0.2) is 0 Å². The molecule has 21 heavy (non-hydrogen) atoms. The molecule has 5 heteroatoms. The first-order valence-corrected chi connectivity index (χ1v) is 6.74. The van der Waals surface area contributed by atoms with Crippen LogP contribution in [0.1, 0.15) is 12.5 Å². The highest BCUT2D eigenvalue weighted by Crippen LogP contribution is 2.38. The number of benzene rings is 2. The Balaban J connectivity index is 2.70. The van der Waals surface area contributed by atoms with Gasteiger partial charge in [0.2, 0.25) is 0 Å². The standard InChI is InChI=1S/C16H15ClN2O2/c1-10(2)18-16-14(5-4-6-15(16)19(20)21)13-8-7-12(17)9-11(13)3/h4-9,18H,1H2,2-3H3. The number of para-hydroxylation sites is 1. The van der Waals surface area contributed by atoms with Gasteiger partial charge in [0.05, 0.1) is 4.92 Å². The van der Waals surface area contributed by atoms with Crippen molar-refractivity contribution in [3.05, 3.63) is 69.4 Å². The molecule has 0 saturated carbocycles. The summed E-state index contributed by atoms with van der Waals surface area (Å²) < 4.78 is 0. The first-order chi connectivity index (χ1) is 9.90. The fourth-order valence-electron chi connectivity index (χ4n) is 2.19. The van der Waals surface area contributed by atoms with Gasteiger partial charge < -0.3 is 5.32 Å². The largest absolute Gasteiger partial charge is 0.354 e. The zero-order chi connectivity index (χ0) is 15.6. The van der Waals surface area contributed by atoms with E-state index in [1.807, 2.05) is 25.1 Å². The number of rotatable bonds is 4. The highest BCUT2D eigenvalue weighted by molar-refractivity contribution is 6.30. The number of hydrogen-bond acceptors (Lipinski definition) is 3. The second-order valence-corrected chi connectivity index (χ2v) is 5.26. The van der Waals surface area contributed by atoms with Crippen molar-refractivity contribution < 1.29 is 4.92 Å². The van der Waals surface area contributed by atoms with Gasteiger partial charge in [-0.3, -0.25) is 10.1 Å². The van der Waals surface area contributed by atoms with Gasteiger partial charge >= 0.3 is 0 Å². The normalized spacial score (nSPS) is 10.2. The Labute approximate surface area is 128 Å². The van der Waals surface area contributed by atoms with Crippen LogP contribution in [-0.4, -0.2) is 4.92 Å². The summed E-state index contributed by atoms with van der Waals surface area (Å²) in [4.78, 5) is 10.8. The number of nitrogens with one attached hydrogen (secondary N) is 1. The van der Waals surface area contributed by atoms with E-state index < -0.39 is 4.92 Å². The van der Waals surface area contributed by atoms with E-state index in [4.69, 9.17) is 11.6 Å². The average Bonchev–Trinajstić information content (AvgIpc) is 2.38. The summed E-state index contributed by atoms with van der Waals surface area (Å²) in [5, 5.41) is 14.9. The molecule has 0 atom stereocenters. The molecule has 1 N–H and O–H groups in total. The summed E-state index contributed by atoms with van der Waals surface area (Å²) in [7, 11) is 0. The van der Waals surface area contributed by atoms with E-state index in [0.717, 1.165) is 16.7 Å². The maximum absolute atomic E-state index is 11.2. The Morgan fingerprint density at radius 2 is 2.00 bits per heavy atom. The zero-order valence-electron chi connectivity index (χ0n) is 11.8. The minimum Gasteiger partial charge on any atom is -0.354 e. The first kappa shape index (κ1) is 15.1. The van der Waals surface area contributed by atoms with Crippen molar-refractivity contribution in [2.45, 2.75) is 13.8 Å². The molecule has 4 nitrogen and oxygen atoms in total. The van der Waals surface area contributed by atoms with Crippen LogP contribution in [0.5, 0.6) is 0 Å². The van der Waals surface area contributed by atoms with Gasteiger partial charge in [0.25, 0.3) is 5.69 Å². The van der Waals surface area contributed by atoms with Gasteiger partial charge in [-0.05, 0) is 37.1 Å². The maximum Gasteiger partial charge on any atom is 0.293 e. The van der Waals surface area contributed by atoms with E-state index in [0.29, 0.717) is 16.4 Å². The number of nitro benzene ring substituents is 1. The molecule has 2 aromatic carbocycles. The fourth-order valence-corrected chi connectivity index (χ4v) is 2.42. The van der Waals surface area contributed by atoms with E-state index in [1.54, 1.807) is 19.1 Å². The molecule has 0 spiro atoms. The summed E-state index contributed by atoms with van der Waals surface area (Å²) >= 11 is 5.97. The molecule has 0 aliphatic carbocycles. The van der Waals surface area contributed by atoms with Crippen molar-refractivity contribution in [1.82, 2.24) is 0 Å². The third kappa shape index (κ3) is 3.23. The maximum atomic E-state index is 11.2. The van der Waals surface area contributed by atoms with Crippen LogP contribution in [0.25, 0.3) is 11.1 Å². The summed E-state index contributed by atoms with van der Waals surface area (Å²) in [6, 6.07) is 10.5. The highest BCUT2D eigenvalue weighted by atomic mass is 35.5. The Hall–Kier alpha value is -2.33. The van der Waals surface area contributed by atoms with Crippen molar-refractivity contribution >= 4 is 23.0 Å². The fraction of sp³-hybridized carbons (Fsp3) is 0.125. The van der Waals surface area contributed by atoms with Crippen LogP contribution in [0.2, 0.25) is 5.02 Å². The lowest BCUT2D eigenvalue weighted by Crippen LogP contribution is -2.02. The van der Waals surface area contributed by atoms with E-state index in [9.17, 15) is 10.1 Å². The van der Waals surface area contributed by atoms with Crippen LogP contribution in [0.15, 0.2) is 48.7 Å². The van der Waals surface area contributed by atoms with Crippen LogP contribution in [-0.2, 0) is 0 Å². The molecule has 0 aliphatic rings. The van der Waals surface area contributed by atoms with Crippen molar-refractivity contribution in [3.8, 4) is 11.1 Å². The number of allylic oxidation sites excluding steroid dienone is 1. The van der Waals surface area contributed by atoms with Gasteiger partial charge in [-0.2, -0.15) is 0 Å². The molecule has 0 aromatic heterocycles. The molecular weight excluding hydrogens is 288 g/mol. The zero-order valence-corrected chi connectivity index (χ0v) is 12.6. The SMILES string of the molecule is C=C(C)Nc1c(-c2ccc(Cl)cc2C)cccc1[N+](=O)[O-]. The van der Waals surface area contributed by atoms with Gasteiger partial charge in [-0.15, -0.1) is 0 Å². The van der Waals surface area contributed by atoms with Gasteiger partial charge in [0, 0.05) is 22.3 Å². The van der Waals surface area contributed by atoms with E-state index >= 15 is 0 Å². The number of halogens is 1. The van der Waals surface area contributed by atoms with E-state index in [1.165, 1.54) is 6.07 Å².